The lowest BCUT2D eigenvalue weighted by Crippen LogP contribution is -2.06. The number of halogens is 4. The number of benzene rings is 3. The number of carbonyl (C=O) groups is 1. The quantitative estimate of drug-likeness (QED) is 0.123. The Morgan fingerprint density at radius 1 is 1.06 bits per heavy atom. The number of hydrogen-bond acceptors (Lipinski definition) is 6. The fraction of sp³-hybridized carbons (Fsp3) is 0.0435. The summed E-state index contributed by atoms with van der Waals surface area (Å²) in [6.07, 6.45) is 1.53. The fourth-order valence-corrected chi connectivity index (χ4v) is 4.87. The number of esters is 1. The second kappa shape index (κ2) is 10.3. The minimum absolute atomic E-state index is 0.0269. The van der Waals surface area contributed by atoms with E-state index in [1.165, 1.54) is 24.3 Å². The molecule has 0 fully saturated rings. The zero-order valence-corrected chi connectivity index (χ0v) is 21.6. The van der Waals surface area contributed by atoms with Crippen LogP contribution in [0.4, 0.5) is 5.69 Å². The van der Waals surface area contributed by atoms with Gasteiger partial charge >= 0.3 is 5.97 Å². The first kappa shape index (κ1) is 24.4. The lowest BCUT2D eigenvalue weighted by atomic mass is 10.2. The molecule has 0 unspecified atom stereocenters. The summed E-state index contributed by atoms with van der Waals surface area (Å²) in [5, 5.41) is 11.7. The van der Waals surface area contributed by atoms with Crippen LogP contribution in [-0.4, -0.2) is 16.8 Å². The van der Waals surface area contributed by atoms with Crippen LogP contribution in [-0.2, 0) is 16.1 Å². The molecule has 1 heterocycles. The molecule has 0 atom stereocenters. The van der Waals surface area contributed by atoms with Crippen LogP contribution in [0.1, 0.15) is 16.7 Å². The number of nitro benzene ring substituents is 1. The predicted molar refractivity (Wildman–Crippen MR) is 136 cm³/mol. The SMILES string of the molecule is O=C1OC(c2ccc(Cl)c([N+](=O)[O-])c2)=N/C1=C\c1cc(Br)c(OCc2ccccc2Cl)c(Br)c1. The van der Waals surface area contributed by atoms with Gasteiger partial charge in [-0.1, -0.05) is 41.4 Å². The van der Waals surface area contributed by atoms with Gasteiger partial charge in [-0.3, -0.25) is 10.1 Å². The summed E-state index contributed by atoms with van der Waals surface area (Å²) in [4.78, 5) is 27.1. The molecule has 0 amide bonds. The summed E-state index contributed by atoms with van der Waals surface area (Å²) < 4.78 is 12.4. The van der Waals surface area contributed by atoms with Gasteiger partial charge in [-0.2, -0.15) is 0 Å². The lowest BCUT2D eigenvalue weighted by molar-refractivity contribution is -0.384. The molecule has 34 heavy (non-hydrogen) atoms. The third kappa shape index (κ3) is 5.33. The van der Waals surface area contributed by atoms with E-state index in [-0.39, 0.29) is 34.5 Å². The summed E-state index contributed by atoms with van der Waals surface area (Å²) in [5.41, 5.74) is 1.47. The molecule has 0 bridgehead atoms. The van der Waals surface area contributed by atoms with Crippen LogP contribution in [0.2, 0.25) is 10.0 Å². The van der Waals surface area contributed by atoms with E-state index in [1.807, 2.05) is 18.2 Å². The minimum Gasteiger partial charge on any atom is -0.486 e. The summed E-state index contributed by atoms with van der Waals surface area (Å²) in [6, 6.07) is 14.9. The smallest absolute Gasteiger partial charge is 0.363 e. The molecular weight excluding hydrogens is 615 g/mol. The molecular formula is C23H12Br2Cl2N2O5. The van der Waals surface area contributed by atoms with E-state index in [4.69, 9.17) is 32.7 Å². The van der Waals surface area contributed by atoms with Crippen LogP contribution in [0.5, 0.6) is 5.75 Å². The predicted octanol–water partition coefficient (Wildman–Crippen LogP) is 7.35. The maximum absolute atomic E-state index is 12.4. The van der Waals surface area contributed by atoms with Crippen molar-refractivity contribution in [2.24, 2.45) is 4.99 Å². The van der Waals surface area contributed by atoms with Crippen molar-refractivity contribution in [3.8, 4) is 5.75 Å². The molecule has 3 aromatic carbocycles. The molecule has 0 spiro atoms. The van der Waals surface area contributed by atoms with Gasteiger partial charge in [0, 0.05) is 22.2 Å². The van der Waals surface area contributed by atoms with Crippen molar-refractivity contribution in [3.05, 3.63) is 106 Å². The van der Waals surface area contributed by atoms with Crippen molar-refractivity contribution in [2.75, 3.05) is 0 Å². The van der Waals surface area contributed by atoms with E-state index in [2.05, 4.69) is 36.9 Å². The van der Waals surface area contributed by atoms with E-state index in [9.17, 15) is 14.9 Å². The molecule has 11 heteroatoms. The highest BCUT2D eigenvalue weighted by molar-refractivity contribution is 9.11. The van der Waals surface area contributed by atoms with Gasteiger partial charge in [0.1, 0.15) is 17.4 Å². The Kier molecular flexibility index (Phi) is 7.37. The monoisotopic (exact) mass is 624 g/mol. The number of nitro groups is 1. The van der Waals surface area contributed by atoms with Crippen molar-refractivity contribution >= 4 is 78.7 Å². The van der Waals surface area contributed by atoms with Crippen LogP contribution in [0.15, 0.2) is 74.2 Å². The summed E-state index contributed by atoms with van der Waals surface area (Å²) >= 11 is 19.0. The third-order valence-electron chi connectivity index (χ3n) is 4.66. The van der Waals surface area contributed by atoms with Gasteiger partial charge in [0.05, 0.1) is 13.9 Å². The number of aliphatic imine (C=N–C) groups is 1. The van der Waals surface area contributed by atoms with Crippen LogP contribution in [0.3, 0.4) is 0 Å². The standard InChI is InChI=1S/C23H12Br2Cl2N2O5/c24-15-7-12(8-16(25)21(15)33-11-14-3-1-2-4-17(14)26)9-19-23(30)34-22(28-19)13-5-6-18(27)20(10-13)29(31)32/h1-10H,11H2/b19-9-. The molecule has 0 N–H and O–H groups in total. The van der Waals surface area contributed by atoms with Crippen LogP contribution in [0, 0.1) is 10.1 Å². The topological polar surface area (TPSA) is 91.0 Å². The second-order valence-corrected chi connectivity index (χ2v) is 9.48. The highest BCUT2D eigenvalue weighted by Crippen LogP contribution is 2.37. The van der Waals surface area contributed by atoms with Crippen molar-refractivity contribution < 1.29 is 19.2 Å². The minimum atomic E-state index is -0.682. The van der Waals surface area contributed by atoms with Crippen molar-refractivity contribution in [3.63, 3.8) is 0 Å². The molecule has 3 aromatic rings. The third-order valence-corrected chi connectivity index (χ3v) is 6.53. The highest BCUT2D eigenvalue weighted by atomic mass is 79.9. The van der Waals surface area contributed by atoms with Gasteiger partial charge in [-0.15, -0.1) is 0 Å². The van der Waals surface area contributed by atoms with Gasteiger partial charge in [0.2, 0.25) is 5.90 Å². The van der Waals surface area contributed by atoms with Gasteiger partial charge in [-0.25, -0.2) is 9.79 Å². The normalized spacial score (nSPS) is 14.2. The first-order chi connectivity index (χ1) is 16.2. The summed E-state index contributed by atoms with van der Waals surface area (Å²) in [7, 11) is 0. The molecule has 0 saturated carbocycles. The number of nitrogens with zero attached hydrogens (tertiary/aromatic N) is 2. The Morgan fingerprint density at radius 3 is 2.44 bits per heavy atom. The molecule has 172 valence electrons. The molecule has 7 nitrogen and oxygen atoms in total. The summed E-state index contributed by atoms with van der Waals surface area (Å²) in [5.74, 6) is -0.165. The van der Waals surface area contributed by atoms with Crippen LogP contribution in [0.25, 0.3) is 6.08 Å². The lowest BCUT2D eigenvalue weighted by Gasteiger charge is -2.12. The number of ether oxygens (including phenoxy) is 2. The number of cyclic esters (lactones) is 1. The average molecular weight is 627 g/mol. The van der Waals surface area contributed by atoms with Crippen LogP contribution >= 0.6 is 55.1 Å². The molecule has 0 aliphatic carbocycles. The van der Waals surface area contributed by atoms with E-state index in [1.54, 1.807) is 18.2 Å². The Labute approximate surface area is 220 Å². The zero-order valence-electron chi connectivity index (χ0n) is 16.9. The van der Waals surface area contributed by atoms with E-state index in [0.29, 0.717) is 25.3 Å². The highest BCUT2D eigenvalue weighted by Gasteiger charge is 2.26. The maximum Gasteiger partial charge on any atom is 0.363 e. The first-order valence-electron chi connectivity index (χ1n) is 9.55. The van der Waals surface area contributed by atoms with Crippen molar-refractivity contribution in [1.82, 2.24) is 0 Å². The van der Waals surface area contributed by atoms with E-state index >= 15 is 0 Å². The van der Waals surface area contributed by atoms with Gasteiger partial charge in [0.15, 0.2) is 5.70 Å². The Morgan fingerprint density at radius 2 is 1.76 bits per heavy atom. The zero-order chi connectivity index (χ0) is 24.4. The van der Waals surface area contributed by atoms with E-state index < -0.39 is 10.9 Å². The van der Waals surface area contributed by atoms with Gasteiger partial charge < -0.3 is 9.47 Å². The van der Waals surface area contributed by atoms with Gasteiger partial charge in [0.25, 0.3) is 5.69 Å². The Bertz CT molecular complexity index is 1370. The number of carbonyl (C=O) groups excluding carboxylic acids is 1. The van der Waals surface area contributed by atoms with Crippen molar-refractivity contribution in [1.29, 1.82) is 0 Å². The molecule has 1 aliphatic rings. The molecule has 0 saturated heterocycles. The fourth-order valence-electron chi connectivity index (χ4n) is 3.04. The average Bonchev–Trinajstić information content (AvgIpc) is 3.14. The number of hydrogen-bond donors (Lipinski definition) is 0. The first-order valence-corrected chi connectivity index (χ1v) is 11.9. The summed E-state index contributed by atoms with van der Waals surface area (Å²) in [6.45, 7) is 0.268. The largest absolute Gasteiger partial charge is 0.486 e. The maximum atomic E-state index is 12.4. The van der Waals surface area contributed by atoms with Crippen molar-refractivity contribution in [2.45, 2.75) is 6.61 Å². The molecule has 0 radical (unpaired) electrons. The Hall–Kier alpha value is -2.72. The van der Waals surface area contributed by atoms with Crippen LogP contribution < -0.4 is 4.74 Å². The number of rotatable bonds is 6. The van der Waals surface area contributed by atoms with E-state index in [0.717, 1.165) is 5.56 Å². The molecule has 4 rings (SSSR count). The van der Waals surface area contributed by atoms with Gasteiger partial charge in [-0.05, 0) is 73.8 Å². The Balaban J connectivity index is 1.58. The molecule has 0 aromatic heterocycles. The molecule has 1 aliphatic heterocycles. The second-order valence-electron chi connectivity index (χ2n) is 6.95.